The summed E-state index contributed by atoms with van der Waals surface area (Å²) in [6.07, 6.45) is 4.78. The topological polar surface area (TPSA) is 81.0 Å². The maximum atomic E-state index is 12.7. The van der Waals surface area contributed by atoms with E-state index in [1.54, 1.807) is 17.3 Å². The molecule has 0 bridgehead atoms. The maximum absolute atomic E-state index is 12.7. The molecule has 154 valence electrons. The van der Waals surface area contributed by atoms with Crippen LogP contribution in [0.3, 0.4) is 0 Å². The van der Waals surface area contributed by atoms with Gasteiger partial charge in [0.05, 0.1) is 29.7 Å². The van der Waals surface area contributed by atoms with E-state index in [2.05, 4.69) is 21.1 Å². The molecule has 0 saturated carbocycles. The van der Waals surface area contributed by atoms with Gasteiger partial charge in [-0.05, 0) is 26.3 Å². The first-order valence-electron chi connectivity index (χ1n) is 10.2. The molecule has 0 aliphatic carbocycles. The molecule has 0 N–H and O–H groups in total. The summed E-state index contributed by atoms with van der Waals surface area (Å²) in [6, 6.07) is 9.97. The zero-order chi connectivity index (χ0) is 21.1. The minimum atomic E-state index is -0.0370. The highest BCUT2D eigenvalue weighted by atomic mass is 16.2. The van der Waals surface area contributed by atoms with Crippen LogP contribution in [0.15, 0.2) is 42.7 Å². The van der Waals surface area contributed by atoms with Crippen LogP contribution in [0.25, 0.3) is 11.3 Å². The first-order chi connectivity index (χ1) is 14.5. The number of ketones is 1. The van der Waals surface area contributed by atoms with Gasteiger partial charge in [-0.15, -0.1) is 0 Å². The number of benzene rings is 1. The number of carbonyl (C=O) groups is 2. The summed E-state index contributed by atoms with van der Waals surface area (Å²) < 4.78 is 1.87. The highest BCUT2D eigenvalue weighted by Crippen LogP contribution is 2.23. The van der Waals surface area contributed by atoms with Gasteiger partial charge in [0.15, 0.2) is 0 Å². The predicted molar refractivity (Wildman–Crippen MR) is 114 cm³/mol. The number of nitrogens with zero attached hydrogens (tertiary/aromatic N) is 5. The Bertz CT molecular complexity index is 1070. The highest BCUT2D eigenvalue weighted by molar-refractivity contribution is 5.95. The fourth-order valence-corrected chi connectivity index (χ4v) is 3.73. The molecule has 7 nitrogen and oxygen atoms in total. The minimum absolute atomic E-state index is 0.0114. The largest absolute Gasteiger partial charge is 0.299 e. The van der Waals surface area contributed by atoms with Crippen molar-refractivity contribution >= 4 is 17.5 Å². The molecular weight excluding hydrogens is 378 g/mol. The Kier molecular flexibility index (Phi) is 5.70. The molecule has 0 fully saturated rings. The molecule has 0 spiro atoms. The first-order valence-corrected chi connectivity index (χ1v) is 10.2. The van der Waals surface area contributed by atoms with Crippen LogP contribution in [0.2, 0.25) is 0 Å². The second-order valence-electron chi connectivity index (χ2n) is 7.74. The number of rotatable bonds is 6. The van der Waals surface area contributed by atoms with Gasteiger partial charge < -0.3 is 0 Å². The molecule has 0 radical (unpaired) electrons. The van der Waals surface area contributed by atoms with E-state index < -0.39 is 0 Å². The molecule has 0 saturated heterocycles. The van der Waals surface area contributed by atoms with E-state index in [4.69, 9.17) is 0 Å². The summed E-state index contributed by atoms with van der Waals surface area (Å²) >= 11 is 0. The van der Waals surface area contributed by atoms with E-state index in [1.807, 2.05) is 42.8 Å². The molecule has 1 aliphatic rings. The Labute approximate surface area is 175 Å². The van der Waals surface area contributed by atoms with E-state index in [-0.39, 0.29) is 31.0 Å². The number of anilines is 1. The third-order valence-electron chi connectivity index (χ3n) is 5.23. The number of aromatic nitrogens is 4. The van der Waals surface area contributed by atoms with Gasteiger partial charge >= 0.3 is 0 Å². The van der Waals surface area contributed by atoms with Gasteiger partial charge in [0.2, 0.25) is 5.91 Å². The van der Waals surface area contributed by atoms with Gasteiger partial charge in [-0.2, -0.15) is 5.10 Å². The Hall–Kier alpha value is -3.35. The van der Waals surface area contributed by atoms with E-state index >= 15 is 0 Å². The predicted octanol–water partition coefficient (Wildman–Crippen LogP) is 3.29. The molecule has 3 heterocycles. The van der Waals surface area contributed by atoms with Gasteiger partial charge in [-0.3, -0.25) is 24.5 Å². The Morgan fingerprint density at radius 2 is 1.90 bits per heavy atom. The molecule has 1 aromatic carbocycles. The van der Waals surface area contributed by atoms with Gasteiger partial charge in [-0.1, -0.05) is 23.8 Å². The van der Waals surface area contributed by atoms with Crippen molar-refractivity contribution in [2.75, 3.05) is 11.4 Å². The highest BCUT2D eigenvalue weighted by Gasteiger charge is 2.24. The fourth-order valence-electron chi connectivity index (χ4n) is 3.73. The van der Waals surface area contributed by atoms with Crippen LogP contribution >= 0.6 is 0 Å². The van der Waals surface area contributed by atoms with E-state index in [0.29, 0.717) is 12.2 Å². The van der Waals surface area contributed by atoms with Gasteiger partial charge in [0.1, 0.15) is 11.6 Å². The zero-order valence-corrected chi connectivity index (χ0v) is 17.3. The Morgan fingerprint density at radius 1 is 1.03 bits per heavy atom. The lowest BCUT2D eigenvalue weighted by Crippen LogP contribution is -2.37. The summed E-state index contributed by atoms with van der Waals surface area (Å²) in [5.41, 5.74) is 4.46. The molecule has 3 aromatic rings. The molecule has 7 heteroatoms. The summed E-state index contributed by atoms with van der Waals surface area (Å²) in [5, 5.41) is 4.41. The van der Waals surface area contributed by atoms with Crippen molar-refractivity contribution < 1.29 is 9.59 Å². The lowest BCUT2D eigenvalue weighted by molar-refractivity contribution is -0.123. The monoisotopic (exact) mass is 403 g/mol. The van der Waals surface area contributed by atoms with Crippen molar-refractivity contribution in [3.05, 3.63) is 59.7 Å². The minimum Gasteiger partial charge on any atom is -0.299 e. The van der Waals surface area contributed by atoms with Crippen LogP contribution in [0.5, 0.6) is 0 Å². The number of aryl methyl sites for hydroxylation is 3. The van der Waals surface area contributed by atoms with Crippen molar-refractivity contribution in [3.63, 3.8) is 0 Å². The van der Waals surface area contributed by atoms with E-state index in [0.717, 1.165) is 41.3 Å². The maximum Gasteiger partial charge on any atom is 0.228 e. The second kappa shape index (κ2) is 8.57. The summed E-state index contributed by atoms with van der Waals surface area (Å²) in [6.45, 7) is 5.44. The Morgan fingerprint density at radius 3 is 2.67 bits per heavy atom. The number of hydrogen-bond donors (Lipinski definition) is 0. The van der Waals surface area contributed by atoms with Gasteiger partial charge in [0.25, 0.3) is 0 Å². The third kappa shape index (κ3) is 4.45. The first kappa shape index (κ1) is 19.9. The van der Waals surface area contributed by atoms with Crippen LogP contribution in [-0.4, -0.2) is 38.0 Å². The quantitative estimate of drug-likeness (QED) is 0.631. The number of amides is 1. The summed E-state index contributed by atoms with van der Waals surface area (Å²) in [5.74, 6) is 0.779. The molecule has 2 aromatic heterocycles. The average molecular weight is 403 g/mol. The molecule has 4 rings (SSSR count). The van der Waals surface area contributed by atoms with E-state index in [1.165, 1.54) is 0 Å². The van der Waals surface area contributed by atoms with Crippen LogP contribution in [0.4, 0.5) is 5.82 Å². The lowest BCUT2D eigenvalue weighted by atomic mass is 10.1. The molecule has 0 atom stereocenters. The molecule has 1 amide bonds. The number of Topliss-reactive ketones (excluding diaryl/α,β-unsaturated/α-hetero) is 1. The lowest BCUT2D eigenvalue weighted by Gasteiger charge is -2.27. The average Bonchev–Trinajstić information content (AvgIpc) is 3.12. The van der Waals surface area contributed by atoms with Crippen LogP contribution < -0.4 is 4.90 Å². The normalized spacial score (nSPS) is 13.2. The molecule has 0 unspecified atom stereocenters. The standard InChI is InChI=1S/C23H25N5O2/c1-16-5-3-6-18(11-16)21-15-24-19(14-25-21)13-20(29)7-8-23(30)27-9-4-10-28-22(27)12-17(2)26-28/h3,5-6,11-12,14-15H,4,7-10,13H2,1-2H3. The van der Waals surface area contributed by atoms with Crippen molar-refractivity contribution in [1.82, 2.24) is 19.7 Å². The number of hydrogen-bond acceptors (Lipinski definition) is 5. The summed E-state index contributed by atoms with van der Waals surface area (Å²) in [7, 11) is 0. The van der Waals surface area contributed by atoms with Crippen LogP contribution in [0.1, 0.15) is 36.2 Å². The van der Waals surface area contributed by atoms with Crippen molar-refractivity contribution in [2.24, 2.45) is 0 Å². The SMILES string of the molecule is Cc1cccc(-c2cnc(CC(=O)CCC(=O)N3CCCn4nc(C)cc43)cn2)c1. The molecular formula is C23H25N5O2. The van der Waals surface area contributed by atoms with Gasteiger partial charge in [-0.25, -0.2) is 4.68 Å². The summed E-state index contributed by atoms with van der Waals surface area (Å²) in [4.78, 5) is 35.6. The molecule has 1 aliphatic heterocycles. The van der Waals surface area contributed by atoms with Crippen molar-refractivity contribution in [1.29, 1.82) is 0 Å². The van der Waals surface area contributed by atoms with Crippen LogP contribution in [-0.2, 0) is 22.6 Å². The van der Waals surface area contributed by atoms with Crippen LogP contribution in [0, 0.1) is 13.8 Å². The fraction of sp³-hybridized carbons (Fsp3) is 0.348. The second-order valence-corrected chi connectivity index (χ2v) is 7.74. The number of carbonyl (C=O) groups excluding carboxylic acids is 2. The third-order valence-corrected chi connectivity index (χ3v) is 5.23. The molecule has 30 heavy (non-hydrogen) atoms. The smallest absolute Gasteiger partial charge is 0.228 e. The van der Waals surface area contributed by atoms with E-state index in [9.17, 15) is 9.59 Å². The van der Waals surface area contributed by atoms with Crippen molar-refractivity contribution in [2.45, 2.75) is 46.1 Å². The zero-order valence-electron chi connectivity index (χ0n) is 17.3. The van der Waals surface area contributed by atoms with Crippen molar-refractivity contribution in [3.8, 4) is 11.3 Å². The number of fused-ring (bicyclic) bond motifs is 1. The Balaban J connectivity index is 1.32. The van der Waals surface area contributed by atoms with Gasteiger partial charge in [0, 0.05) is 43.8 Å².